The maximum atomic E-state index is 11.7. The summed E-state index contributed by atoms with van der Waals surface area (Å²) in [4.78, 5) is 25.5. The minimum atomic E-state index is -0.202. The molecule has 8 nitrogen and oxygen atoms in total. The van der Waals surface area contributed by atoms with Crippen molar-refractivity contribution in [3.63, 3.8) is 0 Å². The van der Waals surface area contributed by atoms with Crippen LogP contribution >= 0.6 is 0 Å². The fourth-order valence-electron chi connectivity index (χ4n) is 3.49. The molecule has 0 saturated carbocycles. The highest BCUT2D eigenvalue weighted by Crippen LogP contribution is 2.28. The first-order valence-electron chi connectivity index (χ1n) is 9.99. The van der Waals surface area contributed by atoms with E-state index < -0.39 is 0 Å². The zero-order chi connectivity index (χ0) is 20.6. The Hall–Kier alpha value is -3.03. The van der Waals surface area contributed by atoms with E-state index in [4.69, 9.17) is 9.97 Å². The summed E-state index contributed by atoms with van der Waals surface area (Å²) < 4.78 is 1.84. The van der Waals surface area contributed by atoms with Gasteiger partial charge in [-0.3, -0.25) is 4.79 Å². The molecule has 0 bridgehead atoms. The van der Waals surface area contributed by atoms with Crippen molar-refractivity contribution in [3.05, 3.63) is 41.7 Å². The van der Waals surface area contributed by atoms with Crippen molar-refractivity contribution in [2.75, 3.05) is 31.1 Å². The van der Waals surface area contributed by atoms with Gasteiger partial charge in [0.15, 0.2) is 17.0 Å². The maximum absolute atomic E-state index is 11.7. The largest absolute Gasteiger partial charge is 0.351 e. The fraction of sp³-hybridized carbons (Fsp3) is 0.476. The van der Waals surface area contributed by atoms with Gasteiger partial charge in [-0.2, -0.15) is 0 Å². The Bertz CT molecular complexity index is 1010. The van der Waals surface area contributed by atoms with Crippen molar-refractivity contribution in [3.8, 4) is 0 Å². The number of carbonyl (C=O) groups excluding carboxylic acids is 1. The number of benzene rings is 1. The maximum Gasteiger partial charge on any atom is 0.219 e. The predicted octanol–water partition coefficient (Wildman–Crippen LogP) is 2.24. The van der Waals surface area contributed by atoms with Crippen LogP contribution in [-0.4, -0.2) is 61.9 Å². The van der Waals surface area contributed by atoms with E-state index in [-0.39, 0.29) is 11.3 Å². The first-order chi connectivity index (χ1) is 13.8. The van der Waals surface area contributed by atoms with E-state index in [9.17, 15) is 4.79 Å². The molecule has 0 N–H and O–H groups in total. The van der Waals surface area contributed by atoms with Crippen molar-refractivity contribution in [2.24, 2.45) is 0 Å². The molecule has 2 aromatic heterocycles. The zero-order valence-electron chi connectivity index (χ0n) is 17.5. The molecule has 1 saturated heterocycles. The van der Waals surface area contributed by atoms with Crippen LogP contribution in [-0.2, 0) is 16.8 Å². The van der Waals surface area contributed by atoms with E-state index in [0.717, 1.165) is 35.9 Å². The number of piperazine rings is 1. The third-order valence-electron chi connectivity index (χ3n) is 5.21. The summed E-state index contributed by atoms with van der Waals surface area (Å²) >= 11 is 0. The predicted molar refractivity (Wildman–Crippen MR) is 112 cm³/mol. The molecule has 1 aromatic carbocycles. The minimum absolute atomic E-state index is 0.113. The molecule has 1 aliphatic rings. The van der Waals surface area contributed by atoms with E-state index >= 15 is 0 Å². The summed E-state index contributed by atoms with van der Waals surface area (Å²) in [6.45, 7) is 11.4. The molecule has 0 aliphatic carbocycles. The summed E-state index contributed by atoms with van der Waals surface area (Å²) in [5.41, 5.74) is 2.40. The summed E-state index contributed by atoms with van der Waals surface area (Å²) in [7, 11) is 0. The molecular weight excluding hydrogens is 366 g/mol. The number of hydrogen-bond donors (Lipinski definition) is 0. The average Bonchev–Trinajstić information content (AvgIpc) is 3.10. The lowest BCUT2D eigenvalue weighted by Gasteiger charge is -2.35. The van der Waals surface area contributed by atoms with Crippen LogP contribution in [0.4, 0.5) is 5.82 Å². The molecule has 8 heteroatoms. The van der Waals surface area contributed by atoms with Gasteiger partial charge in [-0.05, 0) is 5.56 Å². The first-order valence-corrected chi connectivity index (χ1v) is 9.99. The Morgan fingerprint density at radius 1 is 1.03 bits per heavy atom. The minimum Gasteiger partial charge on any atom is -0.351 e. The molecule has 3 heterocycles. The number of anilines is 1. The average molecular weight is 393 g/mol. The lowest BCUT2D eigenvalue weighted by atomic mass is 9.95. The van der Waals surface area contributed by atoms with Crippen molar-refractivity contribution >= 4 is 22.9 Å². The molecule has 3 aromatic rings. The lowest BCUT2D eigenvalue weighted by molar-refractivity contribution is -0.129. The Kier molecular flexibility index (Phi) is 4.94. The highest BCUT2D eigenvalue weighted by Gasteiger charge is 2.27. The molecule has 4 rings (SSSR count). The Labute approximate surface area is 170 Å². The van der Waals surface area contributed by atoms with Crippen LogP contribution in [0.2, 0.25) is 0 Å². The standard InChI is InChI=1S/C21H27N7O/c1-15(29)26-10-12-27(13-11-26)18-17-19(23-20(22-18)21(2,3)4)28(25-24-17)14-16-8-6-5-7-9-16/h5-9H,10-14H2,1-4H3. The number of hydrogen-bond acceptors (Lipinski definition) is 6. The Morgan fingerprint density at radius 3 is 2.34 bits per heavy atom. The SMILES string of the molecule is CC(=O)N1CCN(c2nc(C(C)(C)C)nc3c2nnn3Cc2ccccc2)CC1. The molecule has 0 atom stereocenters. The van der Waals surface area contributed by atoms with E-state index in [0.29, 0.717) is 25.2 Å². The second-order valence-electron chi connectivity index (χ2n) is 8.52. The zero-order valence-corrected chi connectivity index (χ0v) is 17.5. The van der Waals surface area contributed by atoms with Gasteiger partial charge in [0.1, 0.15) is 5.82 Å². The molecule has 0 radical (unpaired) electrons. The number of amides is 1. The normalized spacial score (nSPS) is 15.2. The van der Waals surface area contributed by atoms with Crippen LogP contribution in [0.3, 0.4) is 0 Å². The van der Waals surface area contributed by atoms with Gasteiger partial charge in [-0.25, -0.2) is 14.6 Å². The quantitative estimate of drug-likeness (QED) is 0.679. The summed E-state index contributed by atoms with van der Waals surface area (Å²) in [6, 6.07) is 10.2. The number of rotatable bonds is 3. The van der Waals surface area contributed by atoms with Gasteiger partial charge >= 0.3 is 0 Å². The lowest BCUT2D eigenvalue weighted by Crippen LogP contribution is -2.48. The van der Waals surface area contributed by atoms with Gasteiger partial charge in [-0.1, -0.05) is 56.3 Å². The van der Waals surface area contributed by atoms with Crippen LogP contribution in [0.1, 0.15) is 39.1 Å². The van der Waals surface area contributed by atoms with Crippen LogP contribution in [0, 0.1) is 0 Å². The molecule has 1 aliphatic heterocycles. The fourth-order valence-corrected chi connectivity index (χ4v) is 3.49. The smallest absolute Gasteiger partial charge is 0.219 e. The highest BCUT2D eigenvalue weighted by atomic mass is 16.2. The van der Waals surface area contributed by atoms with Gasteiger partial charge in [0.25, 0.3) is 0 Å². The van der Waals surface area contributed by atoms with Crippen LogP contribution in [0.25, 0.3) is 11.2 Å². The van der Waals surface area contributed by atoms with E-state index in [1.54, 1.807) is 6.92 Å². The van der Waals surface area contributed by atoms with Crippen molar-refractivity contribution in [1.82, 2.24) is 29.9 Å². The Balaban J connectivity index is 1.75. The molecule has 0 spiro atoms. The molecule has 0 unspecified atom stereocenters. The van der Waals surface area contributed by atoms with E-state index in [1.165, 1.54) is 0 Å². The summed E-state index contributed by atoms with van der Waals surface area (Å²) in [5, 5.41) is 8.82. The second-order valence-corrected chi connectivity index (χ2v) is 8.52. The number of fused-ring (bicyclic) bond motifs is 1. The van der Waals surface area contributed by atoms with Gasteiger partial charge in [0.05, 0.1) is 6.54 Å². The third-order valence-corrected chi connectivity index (χ3v) is 5.21. The molecule has 1 amide bonds. The van der Waals surface area contributed by atoms with Crippen molar-refractivity contribution in [1.29, 1.82) is 0 Å². The van der Waals surface area contributed by atoms with Gasteiger partial charge in [-0.15, -0.1) is 5.10 Å². The van der Waals surface area contributed by atoms with Crippen molar-refractivity contribution in [2.45, 2.75) is 39.7 Å². The first kappa shape index (κ1) is 19.3. The number of nitrogens with zero attached hydrogens (tertiary/aromatic N) is 7. The Morgan fingerprint density at radius 2 is 1.72 bits per heavy atom. The van der Waals surface area contributed by atoms with E-state index in [1.807, 2.05) is 27.8 Å². The van der Waals surface area contributed by atoms with E-state index in [2.05, 4.69) is 48.1 Å². The molecule has 29 heavy (non-hydrogen) atoms. The number of aromatic nitrogens is 5. The summed E-state index contributed by atoms with van der Waals surface area (Å²) in [6.07, 6.45) is 0. The van der Waals surface area contributed by atoms with Crippen LogP contribution < -0.4 is 4.90 Å². The highest BCUT2D eigenvalue weighted by molar-refractivity contribution is 5.83. The topological polar surface area (TPSA) is 80.0 Å². The van der Waals surface area contributed by atoms with Crippen LogP contribution in [0.15, 0.2) is 30.3 Å². The monoisotopic (exact) mass is 393 g/mol. The third kappa shape index (κ3) is 3.92. The van der Waals surface area contributed by atoms with Gasteiger partial charge < -0.3 is 9.80 Å². The van der Waals surface area contributed by atoms with Crippen LogP contribution in [0.5, 0.6) is 0 Å². The molecule has 152 valence electrons. The summed E-state index contributed by atoms with van der Waals surface area (Å²) in [5.74, 6) is 1.69. The van der Waals surface area contributed by atoms with Crippen molar-refractivity contribution < 1.29 is 4.79 Å². The van der Waals surface area contributed by atoms with Gasteiger partial charge in [0.2, 0.25) is 5.91 Å². The number of carbonyl (C=O) groups is 1. The second kappa shape index (κ2) is 7.42. The molecular formula is C21H27N7O. The van der Waals surface area contributed by atoms with Gasteiger partial charge in [0, 0.05) is 38.5 Å². The molecule has 1 fully saturated rings.